The Morgan fingerprint density at radius 3 is 2.53 bits per heavy atom. The Hall–Kier alpha value is -2.96. The number of para-hydroxylation sites is 2. The van der Waals surface area contributed by atoms with E-state index >= 15 is 0 Å². The van der Waals surface area contributed by atoms with Crippen molar-refractivity contribution in [1.29, 1.82) is 0 Å². The van der Waals surface area contributed by atoms with Crippen LogP contribution in [0.5, 0.6) is 0 Å². The molecule has 3 aliphatic rings. The van der Waals surface area contributed by atoms with E-state index in [1.165, 1.54) is 0 Å². The van der Waals surface area contributed by atoms with E-state index in [1.807, 2.05) is 83.8 Å². The van der Waals surface area contributed by atoms with Crippen molar-refractivity contribution in [3.63, 3.8) is 0 Å². The number of hydrogen-bond donors (Lipinski definition) is 1. The van der Waals surface area contributed by atoms with Crippen molar-refractivity contribution in [2.24, 2.45) is 5.16 Å². The van der Waals surface area contributed by atoms with Crippen LogP contribution in [0.15, 0.2) is 84.0 Å². The smallest absolute Gasteiger partial charge is 0.266 e. The van der Waals surface area contributed by atoms with Crippen LogP contribution < -0.4 is 10.2 Å². The van der Waals surface area contributed by atoms with Crippen LogP contribution in [0, 0.1) is 0 Å². The number of carbonyl (C=O) groups excluding carboxylic acids is 1. The quantitative estimate of drug-likeness (QED) is 0.607. The highest BCUT2D eigenvalue weighted by atomic mass is 35.5. The fourth-order valence-corrected chi connectivity index (χ4v) is 6.21. The van der Waals surface area contributed by atoms with Crippen LogP contribution in [0.1, 0.15) is 17.2 Å². The van der Waals surface area contributed by atoms with Crippen LogP contribution in [0.2, 0.25) is 5.02 Å². The Bertz CT molecular complexity index is 1180. The zero-order chi connectivity index (χ0) is 20.3. The van der Waals surface area contributed by atoms with Gasteiger partial charge < -0.3 is 10.2 Å². The van der Waals surface area contributed by atoms with Crippen LogP contribution in [-0.2, 0) is 14.5 Å². The molecule has 3 heterocycles. The molecule has 3 aliphatic heterocycles. The molecular weight excluding hydrogens is 418 g/mol. The number of rotatable bonds is 2. The average Bonchev–Trinajstić information content (AvgIpc) is 3.41. The summed E-state index contributed by atoms with van der Waals surface area (Å²) >= 11 is 7.65. The van der Waals surface area contributed by atoms with E-state index in [0.29, 0.717) is 5.02 Å². The molecule has 1 fully saturated rings. The first kappa shape index (κ1) is 17.9. The summed E-state index contributed by atoms with van der Waals surface area (Å²) in [5.41, 5.74) is 3.65. The molecule has 1 spiro atoms. The largest absolute Gasteiger partial charge is 0.384 e. The second-order valence-corrected chi connectivity index (χ2v) is 9.15. The highest BCUT2D eigenvalue weighted by Gasteiger charge is 2.64. The van der Waals surface area contributed by atoms with Crippen LogP contribution in [0.4, 0.5) is 11.4 Å². The zero-order valence-corrected chi connectivity index (χ0v) is 17.2. The Morgan fingerprint density at radius 1 is 1.00 bits per heavy atom. The second-order valence-electron chi connectivity index (χ2n) is 7.38. The van der Waals surface area contributed by atoms with Gasteiger partial charge in [0.2, 0.25) is 4.87 Å². The summed E-state index contributed by atoms with van der Waals surface area (Å²) in [5, 5.41) is 8.07. The van der Waals surface area contributed by atoms with Gasteiger partial charge in [0, 0.05) is 22.0 Å². The SMILES string of the molecule is O=C1Nc2ccccc2C12SC1C(=NOC1c1ccc(Cl)cc1)N2c1ccccc1. The molecule has 3 aromatic carbocycles. The fourth-order valence-electron chi connectivity index (χ4n) is 4.37. The number of fused-ring (bicyclic) bond motifs is 3. The Kier molecular flexibility index (Phi) is 3.88. The summed E-state index contributed by atoms with van der Waals surface area (Å²) < 4.78 is 0. The van der Waals surface area contributed by atoms with E-state index in [1.54, 1.807) is 11.8 Å². The summed E-state index contributed by atoms with van der Waals surface area (Å²) in [5.74, 6) is 0.683. The van der Waals surface area contributed by atoms with Gasteiger partial charge in [0.1, 0.15) is 5.25 Å². The number of nitrogens with zero attached hydrogens (tertiary/aromatic N) is 2. The zero-order valence-electron chi connectivity index (χ0n) is 15.7. The molecule has 0 bridgehead atoms. The molecule has 3 atom stereocenters. The number of thioether (sulfide) groups is 1. The maximum absolute atomic E-state index is 13.5. The maximum Gasteiger partial charge on any atom is 0.266 e. The number of halogens is 1. The molecule has 1 saturated heterocycles. The third-order valence-corrected chi connectivity index (χ3v) is 7.58. The van der Waals surface area contributed by atoms with Crippen LogP contribution in [0.3, 0.4) is 0 Å². The normalized spacial score (nSPS) is 26.2. The third-order valence-electron chi connectivity index (χ3n) is 5.69. The lowest BCUT2D eigenvalue weighted by atomic mass is 10.0. The van der Waals surface area contributed by atoms with Gasteiger partial charge in [0.15, 0.2) is 11.9 Å². The van der Waals surface area contributed by atoms with E-state index in [2.05, 4.69) is 10.5 Å². The summed E-state index contributed by atoms with van der Waals surface area (Å²) in [6.45, 7) is 0. The van der Waals surface area contributed by atoms with Crippen molar-refractivity contribution in [2.75, 3.05) is 10.2 Å². The molecule has 6 rings (SSSR count). The molecule has 0 aliphatic carbocycles. The number of benzene rings is 3. The summed E-state index contributed by atoms with van der Waals surface area (Å²) in [7, 11) is 0. The average molecular weight is 434 g/mol. The van der Waals surface area contributed by atoms with Gasteiger partial charge in [-0.05, 0) is 35.9 Å². The second kappa shape index (κ2) is 6.52. The molecule has 0 aromatic heterocycles. The number of oxime groups is 1. The highest BCUT2D eigenvalue weighted by molar-refractivity contribution is 8.03. The van der Waals surface area contributed by atoms with E-state index in [0.717, 1.165) is 28.3 Å². The van der Waals surface area contributed by atoms with Gasteiger partial charge in [-0.2, -0.15) is 0 Å². The molecule has 3 aromatic rings. The Morgan fingerprint density at radius 2 is 1.73 bits per heavy atom. The summed E-state index contributed by atoms with van der Waals surface area (Å²) in [6, 6.07) is 25.3. The van der Waals surface area contributed by atoms with Gasteiger partial charge in [-0.15, -0.1) is 11.8 Å². The van der Waals surface area contributed by atoms with Gasteiger partial charge in [0.25, 0.3) is 5.91 Å². The predicted molar refractivity (Wildman–Crippen MR) is 120 cm³/mol. The minimum atomic E-state index is -0.935. The molecule has 1 N–H and O–H groups in total. The van der Waals surface area contributed by atoms with Crippen LogP contribution in [0.25, 0.3) is 0 Å². The molecule has 3 unspecified atom stereocenters. The molecule has 30 heavy (non-hydrogen) atoms. The number of carbonyl (C=O) groups is 1. The van der Waals surface area contributed by atoms with Crippen LogP contribution in [-0.4, -0.2) is 17.0 Å². The van der Waals surface area contributed by atoms with Crippen molar-refractivity contribution >= 4 is 46.5 Å². The Labute approximate surface area is 182 Å². The number of amides is 1. The van der Waals surface area contributed by atoms with Crippen molar-refractivity contribution in [3.05, 3.63) is 95.0 Å². The highest BCUT2D eigenvalue weighted by Crippen LogP contribution is 2.60. The third kappa shape index (κ3) is 2.38. The minimum absolute atomic E-state index is 0.0653. The van der Waals surface area contributed by atoms with Crippen molar-refractivity contribution in [1.82, 2.24) is 0 Å². The molecule has 1 amide bonds. The van der Waals surface area contributed by atoms with Gasteiger partial charge in [0.05, 0.1) is 0 Å². The topological polar surface area (TPSA) is 53.9 Å². The molecule has 0 saturated carbocycles. The molecule has 7 heteroatoms. The monoisotopic (exact) mass is 433 g/mol. The number of hydrogen-bond acceptors (Lipinski definition) is 5. The first-order valence-electron chi connectivity index (χ1n) is 9.62. The lowest BCUT2D eigenvalue weighted by Gasteiger charge is -2.33. The summed E-state index contributed by atoms with van der Waals surface area (Å²) in [6.07, 6.45) is -0.298. The lowest BCUT2D eigenvalue weighted by molar-refractivity contribution is -0.117. The van der Waals surface area contributed by atoms with E-state index < -0.39 is 4.87 Å². The maximum atomic E-state index is 13.5. The number of anilines is 2. The summed E-state index contributed by atoms with van der Waals surface area (Å²) in [4.78, 5) is 20.4. The molecule has 0 radical (unpaired) electrons. The van der Waals surface area contributed by atoms with Gasteiger partial charge in [-0.1, -0.05) is 65.3 Å². The van der Waals surface area contributed by atoms with E-state index in [-0.39, 0.29) is 17.3 Å². The predicted octanol–water partition coefficient (Wildman–Crippen LogP) is 5.15. The first-order valence-corrected chi connectivity index (χ1v) is 10.9. The van der Waals surface area contributed by atoms with Crippen LogP contribution >= 0.6 is 23.4 Å². The molecule has 148 valence electrons. The van der Waals surface area contributed by atoms with Crippen molar-refractivity contribution < 1.29 is 9.63 Å². The minimum Gasteiger partial charge on any atom is -0.384 e. The number of nitrogens with one attached hydrogen (secondary N) is 1. The van der Waals surface area contributed by atoms with Gasteiger partial charge in [-0.3, -0.25) is 9.69 Å². The fraction of sp³-hybridized carbons (Fsp3) is 0.130. The van der Waals surface area contributed by atoms with Gasteiger partial charge in [-0.25, -0.2) is 0 Å². The van der Waals surface area contributed by atoms with E-state index in [9.17, 15) is 4.79 Å². The lowest BCUT2D eigenvalue weighted by Crippen LogP contribution is -2.47. The number of amidine groups is 1. The van der Waals surface area contributed by atoms with Crippen molar-refractivity contribution in [3.8, 4) is 0 Å². The van der Waals surface area contributed by atoms with Crippen molar-refractivity contribution in [2.45, 2.75) is 16.2 Å². The Balaban J connectivity index is 1.52. The molecule has 5 nitrogen and oxygen atoms in total. The van der Waals surface area contributed by atoms with E-state index in [4.69, 9.17) is 16.4 Å². The van der Waals surface area contributed by atoms with Gasteiger partial charge >= 0.3 is 0 Å². The molecular formula is C23H16ClN3O2S. The standard InChI is InChI=1S/C23H16ClN3O2S/c24-15-12-10-14(11-13-15)19-20-21(26-29-19)27(16-6-2-1-3-7-16)23(30-20)17-8-4-5-9-18(17)25-22(23)28/h1-13,19-20H,(H,25,28). The first-order chi connectivity index (χ1) is 14.7.